The third-order valence-electron chi connectivity index (χ3n) is 5.07. The van der Waals surface area contributed by atoms with Crippen LogP contribution in [0.15, 0.2) is 78.2 Å². The van der Waals surface area contributed by atoms with Crippen LogP contribution in [0.2, 0.25) is 0 Å². The van der Waals surface area contributed by atoms with Gasteiger partial charge in [-0.25, -0.2) is 9.18 Å². The van der Waals surface area contributed by atoms with Crippen LogP contribution in [-0.4, -0.2) is 16.9 Å². The summed E-state index contributed by atoms with van der Waals surface area (Å²) in [4.78, 5) is 24.7. The van der Waals surface area contributed by atoms with Gasteiger partial charge < -0.3 is 9.84 Å². The summed E-state index contributed by atoms with van der Waals surface area (Å²) in [6.07, 6.45) is 2.53. The van der Waals surface area contributed by atoms with Gasteiger partial charge in [-0.2, -0.15) is 0 Å². The number of fused-ring (bicyclic) bond motifs is 2. The second-order valence-corrected chi connectivity index (χ2v) is 9.21. The van der Waals surface area contributed by atoms with Crippen LogP contribution < -0.4 is 4.74 Å². The quantitative estimate of drug-likeness (QED) is 0.206. The molecule has 0 aliphatic heterocycles. The van der Waals surface area contributed by atoms with Gasteiger partial charge in [-0.1, -0.05) is 24.3 Å². The summed E-state index contributed by atoms with van der Waals surface area (Å²) in [6.45, 7) is 0. The largest absolute Gasteiger partial charge is 0.478 e. The van der Waals surface area contributed by atoms with E-state index in [9.17, 15) is 14.0 Å². The Labute approximate surface area is 195 Å². The molecule has 0 saturated heterocycles. The molecule has 5 rings (SSSR count). The van der Waals surface area contributed by atoms with Gasteiger partial charge in [0.2, 0.25) is 5.78 Å². The van der Waals surface area contributed by atoms with E-state index < -0.39 is 5.97 Å². The predicted octanol–water partition coefficient (Wildman–Crippen LogP) is 7.38. The second-order valence-electron chi connectivity index (χ2n) is 7.21. The first kappa shape index (κ1) is 21.1. The molecule has 0 amide bonds. The normalized spacial score (nSPS) is 11.4. The molecule has 0 atom stereocenters. The highest BCUT2D eigenvalue weighted by Gasteiger charge is 2.23. The standard InChI is InChI=1S/C26H15FO4S2/c27-16-7-10-20-22(14-16)33-26(24(30)19-2-1-3-21-18(19)12-13-32-21)25(20)31-17-8-4-15(5-9-17)6-11-23(28)29/h1-14H,(H,28,29)/b11-6+. The van der Waals surface area contributed by atoms with Crippen LogP contribution in [0.1, 0.15) is 20.8 Å². The lowest BCUT2D eigenvalue weighted by molar-refractivity contribution is -0.131. The average molecular weight is 475 g/mol. The number of thiophene rings is 2. The first-order valence-electron chi connectivity index (χ1n) is 9.91. The Morgan fingerprint density at radius 2 is 1.76 bits per heavy atom. The molecule has 2 heterocycles. The van der Waals surface area contributed by atoms with Crippen LogP contribution in [0.5, 0.6) is 11.5 Å². The Morgan fingerprint density at radius 3 is 2.55 bits per heavy atom. The lowest BCUT2D eigenvalue weighted by Gasteiger charge is -2.09. The number of hydrogen-bond donors (Lipinski definition) is 1. The van der Waals surface area contributed by atoms with Gasteiger partial charge in [0.25, 0.3) is 0 Å². The van der Waals surface area contributed by atoms with Gasteiger partial charge in [0.15, 0.2) is 5.75 Å². The third-order valence-corrected chi connectivity index (χ3v) is 7.09. The number of rotatable bonds is 6. The van der Waals surface area contributed by atoms with Gasteiger partial charge in [0, 0.05) is 31.8 Å². The second kappa shape index (κ2) is 8.61. The minimum atomic E-state index is -1.03. The number of carboxylic acid groups (broad SMARTS) is 1. The molecule has 3 aromatic carbocycles. The number of carbonyl (C=O) groups excluding carboxylic acids is 1. The van der Waals surface area contributed by atoms with E-state index in [4.69, 9.17) is 9.84 Å². The number of aliphatic carboxylic acids is 1. The SMILES string of the molecule is O=C(O)/C=C/c1ccc(Oc2c(C(=O)c3cccc4sccc34)sc3cc(F)ccc23)cc1. The zero-order chi connectivity index (χ0) is 22.9. The zero-order valence-electron chi connectivity index (χ0n) is 16.9. The van der Waals surface area contributed by atoms with Gasteiger partial charge in [-0.05, 0) is 59.5 Å². The average Bonchev–Trinajstić information content (AvgIpc) is 3.42. The number of ether oxygens (including phenoxy) is 1. The van der Waals surface area contributed by atoms with E-state index in [0.29, 0.717) is 37.6 Å². The van der Waals surface area contributed by atoms with E-state index in [1.54, 1.807) is 47.7 Å². The topological polar surface area (TPSA) is 63.6 Å². The van der Waals surface area contributed by atoms with Crippen molar-refractivity contribution in [3.63, 3.8) is 0 Å². The molecule has 4 nitrogen and oxygen atoms in total. The molecule has 33 heavy (non-hydrogen) atoms. The number of carboxylic acids is 1. The summed E-state index contributed by atoms with van der Waals surface area (Å²) in [7, 11) is 0. The zero-order valence-corrected chi connectivity index (χ0v) is 18.6. The third kappa shape index (κ3) is 4.16. The molecular formula is C26H15FO4S2. The number of ketones is 1. The Balaban J connectivity index is 1.58. The maximum Gasteiger partial charge on any atom is 0.328 e. The van der Waals surface area contributed by atoms with E-state index in [-0.39, 0.29) is 11.6 Å². The van der Waals surface area contributed by atoms with Crippen LogP contribution in [0.4, 0.5) is 4.39 Å². The summed E-state index contributed by atoms with van der Waals surface area (Å²) < 4.78 is 21.7. The van der Waals surface area contributed by atoms with Crippen molar-refractivity contribution in [3.05, 3.63) is 100 Å². The number of benzene rings is 3. The maximum atomic E-state index is 13.9. The summed E-state index contributed by atoms with van der Waals surface area (Å²) in [5, 5.41) is 12.2. The van der Waals surface area contributed by atoms with Gasteiger partial charge in [-0.15, -0.1) is 22.7 Å². The highest BCUT2D eigenvalue weighted by atomic mass is 32.1. The summed E-state index contributed by atoms with van der Waals surface area (Å²) in [5.74, 6) is -0.744. The first-order valence-corrected chi connectivity index (χ1v) is 11.6. The monoisotopic (exact) mass is 474 g/mol. The number of halogens is 1. The molecule has 0 bridgehead atoms. The van der Waals surface area contributed by atoms with Gasteiger partial charge in [0.1, 0.15) is 16.4 Å². The fourth-order valence-electron chi connectivity index (χ4n) is 3.54. The fourth-order valence-corrected chi connectivity index (χ4v) is 5.47. The van der Waals surface area contributed by atoms with Crippen LogP contribution in [0.3, 0.4) is 0 Å². The first-order chi connectivity index (χ1) is 16.0. The van der Waals surface area contributed by atoms with E-state index in [0.717, 1.165) is 16.2 Å². The molecule has 0 spiro atoms. The number of carbonyl (C=O) groups is 2. The molecule has 1 N–H and O–H groups in total. The molecule has 0 fully saturated rings. The molecule has 7 heteroatoms. The predicted molar refractivity (Wildman–Crippen MR) is 130 cm³/mol. The van der Waals surface area contributed by atoms with E-state index in [1.165, 1.54) is 29.5 Å². The van der Waals surface area contributed by atoms with Crippen molar-refractivity contribution in [1.82, 2.24) is 0 Å². The molecule has 2 aromatic heterocycles. The van der Waals surface area contributed by atoms with Crippen molar-refractivity contribution in [1.29, 1.82) is 0 Å². The van der Waals surface area contributed by atoms with Crippen LogP contribution >= 0.6 is 22.7 Å². The molecule has 0 aliphatic rings. The molecule has 0 unspecified atom stereocenters. The van der Waals surface area contributed by atoms with Crippen molar-refractivity contribution in [2.24, 2.45) is 0 Å². The Morgan fingerprint density at radius 1 is 0.939 bits per heavy atom. The highest BCUT2D eigenvalue weighted by Crippen LogP contribution is 2.42. The van der Waals surface area contributed by atoms with Crippen LogP contribution in [0, 0.1) is 5.82 Å². The molecule has 0 radical (unpaired) electrons. The van der Waals surface area contributed by atoms with Crippen molar-refractivity contribution in [3.8, 4) is 11.5 Å². The maximum absolute atomic E-state index is 13.9. The molecule has 5 aromatic rings. The summed E-state index contributed by atoms with van der Waals surface area (Å²) >= 11 is 2.76. The fraction of sp³-hybridized carbons (Fsp3) is 0. The van der Waals surface area contributed by atoms with Gasteiger partial charge in [-0.3, -0.25) is 4.79 Å². The van der Waals surface area contributed by atoms with Crippen LogP contribution in [0.25, 0.3) is 26.2 Å². The molecular weight excluding hydrogens is 459 g/mol. The Kier molecular flexibility index (Phi) is 5.50. The minimum absolute atomic E-state index is 0.184. The lowest BCUT2D eigenvalue weighted by atomic mass is 10.0. The smallest absolute Gasteiger partial charge is 0.328 e. The summed E-state index contributed by atoms with van der Waals surface area (Å²) in [5.41, 5.74) is 1.27. The highest BCUT2D eigenvalue weighted by molar-refractivity contribution is 7.21. The van der Waals surface area contributed by atoms with Gasteiger partial charge in [0.05, 0.1) is 0 Å². The van der Waals surface area contributed by atoms with Crippen molar-refractivity contribution < 1.29 is 23.8 Å². The van der Waals surface area contributed by atoms with E-state index in [1.807, 2.05) is 23.6 Å². The minimum Gasteiger partial charge on any atom is -0.478 e. The Bertz CT molecular complexity index is 1540. The summed E-state index contributed by atoms with van der Waals surface area (Å²) in [6, 6.07) is 18.7. The van der Waals surface area contributed by atoms with E-state index >= 15 is 0 Å². The van der Waals surface area contributed by atoms with Crippen molar-refractivity contribution >= 4 is 60.7 Å². The lowest BCUT2D eigenvalue weighted by Crippen LogP contribution is -2.01. The van der Waals surface area contributed by atoms with E-state index in [2.05, 4.69) is 0 Å². The van der Waals surface area contributed by atoms with Crippen molar-refractivity contribution in [2.75, 3.05) is 0 Å². The van der Waals surface area contributed by atoms with Crippen molar-refractivity contribution in [2.45, 2.75) is 0 Å². The molecule has 162 valence electrons. The molecule has 0 aliphatic carbocycles. The molecule has 0 saturated carbocycles. The Hall–Kier alpha value is -3.81. The number of hydrogen-bond acceptors (Lipinski definition) is 5. The van der Waals surface area contributed by atoms with Crippen LogP contribution in [-0.2, 0) is 4.79 Å². The van der Waals surface area contributed by atoms with Gasteiger partial charge >= 0.3 is 5.97 Å².